The van der Waals surface area contributed by atoms with E-state index in [-0.39, 0.29) is 11.2 Å². The standard InChI is InChI=1S/C7H8BNO3/c1-5-2-6(8(11)12)3-7(4-10)9-5/h2-4,11-12H,1H3. The number of hydrogen-bond acceptors (Lipinski definition) is 4. The zero-order valence-electron chi connectivity index (χ0n) is 6.56. The van der Waals surface area contributed by atoms with Crippen LogP contribution in [-0.2, 0) is 0 Å². The summed E-state index contributed by atoms with van der Waals surface area (Å²) < 4.78 is 0. The van der Waals surface area contributed by atoms with Crippen molar-refractivity contribution in [1.29, 1.82) is 0 Å². The lowest BCUT2D eigenvalue weighted by atomic mass is 9.80. The number of rotatable bonds is 2. The molecule has 2 N–H and O–H groups in total. The zero-order chi connectivity index (χ0) is 9.14. The van der Waals surface area contributed by atoms with Gasteiger partial charge in [0.15, 0.2) is 6.29 Å². The molecule has 0 saturated carbocycles. The number of pyridine rings is 1. The molecule has 0 fully saturated rings. The molecule has 0 aliphatic rings. The molecule has 0 radical (unpaired) electrons. The van der Waals surface area contributed by atoms with Gasteiger partial charge in [0.25, 0.3) is 0 Å². The molecule has 1 rings (SSSR count). The third-order valence-corrected chi connectivity index (χ3v) is 1.41. The molecule has 0 aromatic carbocycles. The maximum absolute atomic E-state index is 10.3. The lowest BCUT2D eigenvalue weighted by Crippen LogP contribution is -2.30. The van der Waals surface area contributed by atoms with E-state index in [9.17, 15) is 4.79 Å². The first-order valence-electron chi connectivity index (χ1n) is 3.43. The Kier molecular flexibility index (Phi) is 2.57. The van der Waals surface area contributed by atoms with Gasteiger partial charge in [-0.2, -0.15) is 0 Å². The smallest absolute Gasteiger partial charge is 0.423 e. The van der Waals surface area contributed by atoms with Crippen LogP contribution < -0.4 is 5.46 Å². The fourth-order valence-electron chi connectivity index (χ4n) is 0.931. The highest BCUT2D eigenvalue weighted by molar-refractivity contribution is 6.58. The second kappa shape index (κ2) is 3.47. The Morgan fingerprint density at radius 2 is 2.17 bits per heavy atom. The molecule has 0 saturated heterocycles. The third kappa shape index (κ3) is 1.90. The first kappa shape index (κ1) is 8.90. The number of carbonyl (C=O) groups is 1. The predicted molar refractivity (Wildman–Crippen MR) is 44.2 cm³/mol. The van der Waals surface area contributed by atoms with Gasteiger partial charge in [0.1, 0.15) is 5.69 Å². The van der Waals surface area contributed by atoms with Crippen molar-refractivity contribution in [3.63, 3.8) is 0 Å². The molecular formula is C7H8BNO3. The molecule has 0 aliphatic carbocycles. The second-order valence-corrected chi connectivity index (χ2v) is 2.46. The van der Waals surface area contributed by atoms with E-state index in [1.807, 2.05) is 0 Å². The molecule has 0 atom stereocenters. The molecule has 4 nitrogen and oxygen atoms in total. The van der Waals surface area contributed by atoms with Crippen LogP contribution in [0.1, 0.15) is 16.2 Å². The quantitative estimate of drug-likeness (QED) is 0.430. The molecular weight excluding hydrogens is 157 g/mol. The van der Waals surface area contributed by atoms with Gasteiger partial charge in [0, 0.05) is 5.69 Å². The van der Waals surface area contributed by atoms with E-state index in [1.54, 1.807) is 6.92 Å². The first-order valence-corrected chi connectivity index (χ1v) is 3.43. The fourth-order valence-corrected chi connectivity index (χ4v) is 0.931. The number of nitrogens with zero attached hydrogens (tertiary/aromatic N) is 1. The largest absolute Gasteiger partial charge is 0.488 e. The monoisotopic (exact) mass is 165 g/mol. The van der Waals surface area contributed by atoms with Crippen molar-refractivity contribution < 1.29 is 14.8 Å². The predicted octanol–water partition coefficient (Wildman–Crippen LogP) is -1.12. The summed E-state index contributed by atoms with van der Waals surface area (Å²) in [6, 6.07) is 2.85. The van der Waals surface area contributed by atoms with Crippen LogP contribution in [-0.4, -0.2) is 28.4 Å². The molecule has 1 aromatic rings. The van der Waals surface area contributed by atoms with Gasteiger partial charge in [-0.1, -0.05) is 0 Å². The van der Waals surface area contributed by atoms with Crippen LogP contribution in [0.5, 0.6) is 0 Å². The Morgan fingerprint density at radius 1 is 1.50 bits per heavy atom. The first-order chi connectivity index (χ1) is 5.63. The summed E-state index contributed by atoms with van der Waals surface area (Å²) in [5, 5.41) is 17.6. The van der Waals surface area contributed by atoms with Gasteiger partial charge in [0.05, 0.1) is 0 Å². The van der Waals surface area contributed by atoms with Crippen molar-refractivity contribution in [3.8, 4) is 0 Å². The summed E-state index contributed by atoms with van der Waals surface area (Å²) in [6.07, 6.45) is 0.568. The Balaban J connectivity index is 3.14. The highest BCUT2D eigenvalue weighted by Gasteiger charge is 2.12. The van der Waals surface area contributed by atoms with Crippen LogP contribution in [0.15, 0.2) is 12.1 Å². The molecule has 0 aliphatic heterocycles. The summed E-state index contributed by atoms with van der Waals surface area (Å²) in [7, 11) is -1.55. The summed E-state index contributed by atoms with van der Waals surface area (Å²) in [4.78, 5) is 14.2. The van der Waals surface area contributed by atoms with Crippen LogP contribution >= 0.6 is 0 Å². The van der Waals surface area contributed by atoms with Crippen molar-refractivity contribution >= 4 is 18.9 Å². The van der Waals surface area contributed by atoms with Crippen LogP contribution in [0.4, 0.5) is 0 Å². The van der Waals surface area contributed by atoms with Crippen molar-refractivity contribution in [2.75, 3.05) is 0 Å². The fraction of sp³-hybridized carbons (Fsp3) is 0.143. The summed E-state index contributed by atoms with van der Waals surface area (Å²) in [5.41, 5.74) is 1.07. The van der Waals surface area contributed by atoms with Gasteiger partial charge in [-0.05, 0) is 24.5 Å². The van der Waals surface area contributed by atoms with E-state index in [4.69, 9.17) is 10.0 Å². The number of carbonyl (C=O) groups excluding carboxylic acids is 1. The van der Waals surface area contributed by atoms with Gasteiger partial charge in [-0.15, -0.1) is 0 Å². The number of hydrogen-bond donors (Lipinski definition) is 2. The van der Waals surface area contributed by atoms with Crippen molar-refractivity contribution in [2.24, 2.45) is 0 Å². The van der Waals surface area contributed by atoms with E-state index in [0.29, 0.717) is 12.0 Å². The minimum Gasteiger partial charge on any atom is -0.423 e. The van der Waals surface area contributed by atoms with E-state index in [2.05, 4.69) is 4.98 Å². The average molecular weight is 165 g/mol. The minimum atomic E-state index is -1.55. The van der Waals surface area contributed by atoms with Crippen LogP contribution in [0.3, 0.4) is 0 Å². The van der Waals surface area contributed by atoms with E-state index < -0.39 is 7.12 Å². The Hall–Kier alpha value is -1.20. The molecule has 12 heavy (non-hydrogen) atoms. The van der Waals surface area contributed by atoms with Gasteiger partial charge in [0.2, 0.25) is 0 Å². The SMILES string of the molecule is Cc1cc(B(O)O)cc(C=O)n1. The van der Waals surface area contributed by atoms with Crippen LogP contribution in [0.25, 0.3) is 0 Å². The van der Waals surface area contributed by atoms with E-state index in [0.717, 1.165) is 0 Å². The van der Waals surface area contributed by atoms with Crippen molar-refractivity contribution in [3.05, 3.63) is 23.5 Å². The average Bonchev–Trinajstić information content (AvgIpc) is 2.03. The van der Waals surface area contributed by atoms with Crippen LogP contribution in [0, 0.1) is 6.92 Å². The Labute approximate surface area is 70.0 Å². The van der Waals surface area contributed by atoms with Crippen molar-refractivity contribution in [2.45, 2.75) is 6.92 Å². The maximum Gasteiger partial charge on any atom is 0.488 e. The maximum atomic E-state index is 10.3. The third-order valence-electron chi connectivity index (χ3n) is 1.41. The molecule has 0 bridgehead atoms. The molecule has 0 amide bonds. The lowest BCUT2D eigenvalue weighted by Gasteiger charge is -2.00. The second-order valence-electron chi connectivity index (χ2n) is 2.46. The Morgan fingerprint density at radius 3 is 2.67 bits per heavy atom. The number of aldehydes is 1. The molecule has 0 unspecified atom stereocenters. The van der Waals surface area contributed by atoms with E-state index in [1.165, 1.54) is 12.1 Å². The highest BCUT2D eigenvalue weighted by atomic mass is 16.4. The molecule has 0 spiro atoms. The minimum absolute atomic E-state index is 0.207. The number of aryl methyl sites for hydroxylation is 1. The molecule has 1 heterocycles. The molecule has 1 aromatic heterocycles. The Bertz CT molecular complexity index is 301. The zero-order valence-corrected chi connectivity index (χ0v) is 6.56. The summed E-state index contributed by atoms with van der Waals surface area (Å²) in [6.45, 7) is 1.68. The van der Waals surface area contributed by atoms with Gasteiger partial charge in [-0.3, -0.25) is 9.78 Å². The van der Waals surface area contributed by atoms with Gasteiger partial charge >= 0.3 is 7.12 Å². The lowest BCUT2D eigenvalue weighted by molar-refractivity contribution is 0.111. The summed E-state index contributed by atoms with van der Waals surface area (Å²) in [5.74, 6) is 0. The molecule has 5 heteroatoms. The van der Waals surface area contributed by atoms with Crippen molar-refractivity contribution in [1.82, 2.24) is 4.98 Å². The topological polar surface area (TPSA) is 70.4 Å². The highest BCUT2D eigenvalue weighted by Crippen LogP contribution is 1.93. The number of aromatic nitrogens is 1. The van der Waals surface area contributed by atoms with E-state index >= 15 is 0 Å². The molecule has 62 valence electrons. The normalized spacial score (nSPS) is 9.58. The summed E-state index contributed by atoms with van der Waals surface area (Å²) >= 11 is 0. The van der Waals surface area contributed by atoms with Gasteiger partial charge in [-0.25, -0.2) is 0 Å². The van der Waals surface area contributed by atoms with Gasteiger partial charge < -0.3 is 10.0 Å². The van der Waals surface area contributed by atoms with Crippen LogP contribution in [0.2, 0.25) is 0 Å².